The third kappa shape index (κ3) is 4.94. The zero-order chi connectivity index (χ0) is 22.5. The highest BCUT2D eigenvalue weighted by atomic mass is 16.2. The molecule has 0 unspecified atom stereocenters. The molecule has 1 aliphatic rings. The van der Waals surface area contributed by atoms with Crippen LogP contribution in [-0.2, 0) is 11.3 Å². The maximum atomic E-state index is 12.3. The fraction of sp³-hybridized carbons (Fsp3) is 0.280. The van der Waals surface area contributed by atoms with Crippen LogP contribution in [0.25, 0.3) is 0 Å². The van der Waals surface area contributed by atoms with Crippen molar-refractivity contribution in [3.63, 3.8) is 0 Å². The number of nitrogens with one attached hydrogen (secondary N) is 1. The van der Waals surface area contributed by atoms with Gasteiger partial charge in [0.2, 0.25) is 5.91 Å². The van der Waals surface area contributed by atoms with E-state index in [0.717, 1.165) is 12.0 Å². The molecule has 4 rings (SSSR count). The Morgan fingerprint density at radius 3 is 2.31 bits per heavy atom. The summed E-state index contributed by atoms with van der Waals surface area (Å²) in [6, 6.07) is 15.2. The number of imide groups is 1. The number of aryl methyl sites for hydroxylation is 1. The van der Waals surface area contributed by atoms with Gasteiger partial charge in [-0.1, -0.05) is 48.4 Å². The molecule has 7 nitrogen and oxygen atoms in total. The molecule has 7 heteroatoms. The zero-order valence-corrected chi connectivity index (χ0v) is 18.1. The zero-order valence-electron chi connectivity index (χ0n) is 18.1. The molecule has 0 radical (unpaired) electrons. The number of anilines is 1. The van der Waals surface area contributed by atoms with Crippen molar-refractivity contribution < 1.29 is 14.4 Å². The average molecular weight is 431 g/mol. The first-order valence-corrected chi connectivity index (χ1v) is 10.8. The number of hydrogen-bond donors (Lipinski definition) is 1. The highest BCUT2D eigenvalue weighted by molar-refractivity contribution is 6.21. The summed E-state index contributed by atoms with van der Waals surface area (Å²) in [6.07, 6.45) is 5.97. The number of hydrogen-bond acceptors (Lipinski definition) is 4. The van der Waals surface area contributed by atoms with Gasteiger partial charge >= 0.3 is 0 Å². The second-order valence-electron chi connectivity index (χ2n) is 8.08. The normalized spacial score (nSPS) is 12.8. The molecule has 0 fully saturated rings. The van der Waals surface area contributed by atoms with Crippen molar-refractivity contribution in [1.29, 1.82) is 0 Å². The SMILES string of the molecule is Cc1ccc(Cn2cc(NC(=O)CCCCCN3C(=O)c4ccccc4C3=O)cn2)cc1. The summed E-state index contributed by atoms with van der Waals surface area (Å²) in [5, 5.41) is 7.18. The molecule has 164 valence electrons. The minimum atomic E-state index is -0.231. The fourth-order valence-corrected chi connectivity index (χ4v) is 3.79. The lowest BCUT2D eigenvalue weighted by Crippen LogP contribution is -2.30. The topological polar surface area (TPSA) is 84.3 Å². The number of nitrogens with zero attached hydrogens (tertiary/aromatic N) is 3. The van der Waals surface area contributed by atoms with Crippen LogP contribution in [0.3, 0.4) is 0 Å². The van der Waals surface area contributed by atoms with Crippen LogP contribution in [0.1, 0.15) is 57.5 Å². The van der Waals surface area contributed by atoms with Gasteiger partial charge in [0.05, 0.1) is 29.6 Å². The summed E-state index contributed by atoms with van der Waals surface area (Å²) in [4.78, 5) is 38.2. The van der Waals surface area contributed by atoms with E-state index in [1.54, 1.807) is 35.1 Å². The number of carbonyl (C=O) groups is 3. The lowest BCUT2D eigenvalue weighted by atomic mass is 10.1. The largest absolute Gasteiger partial charge is 0.323 e. The third-order valence-corrected chi connectivity index (χ3v) is 5.55. The molecule has 32 heavy (non-hydrogen) atoms. The highest BCUT2D eigenvalue weighted by Gasteiger charge is 2.34. The molecule has 0 saturated carbocycles. The van der Waals surface area contributed by atoms with Gasteiger partial charge in [-0.15, -0.1) is 0 Å². The monoisotopic (exact) mass is 430 g/mol. The molecule has 1 aliphatic heterocycles. The molecule has 0 saturated heterocycles. The van der Waals surface area contributed by atoms with E-state index >= 15 is 0 Å². The molecule has 2 heterocycles. The van der Waals surface area contributed by atoms with Crippen LogP contribution in [0.15, 0.2) is 60.9 Å². The van der Waals surface area contributed by atoms with Crippen LogP contribution >= 0.6 is 0 Å². The molecule has 1 aromatic heterocycles. The van der Waals surface area contributed by atoms with Gasteiger partial charge in [0.15, 0.2) is 0 Å². The second kappa shape index (κ2) is 9.60. The van der Waals surface area contributed by atoms with Gasteiger partial charge in [-0.2, -0.15) is 5.10 Å². The van der Waals surface area contributed by atoms with Gasteiger partial charge in [0.1, 0.15) is 0 Å². The first-order chi connectivity index (χ1) is 15.5. The molecular formula is C25H26N4O3. The summed E-state index contributed by atoms with van der Waals surface area (Å²) < 4.78 is 1.79. The minimum absolute atomic E-state index is 0.0689. The first kappa shape index (κ1) is 21.5. The Bertz CT molecular complexity index is 1100. The Hall–Kier alpha value is -3.74. The number of rotatable bonds is 9. The Morgan fingerprint density at radius 2 is 1.62 bits per heavy atom. The standard InChI is InChI=1S/C25H26N4O3/c1-18-10-12-19(13-11-18)16-28-17-20(15-26-28)27-23(30)9-3-2-6-14-29-24(31)21-7-4-5-8-22(21)25(29)32/h4-5,7-8,10-13,15,17H,2-3,6,9,14,16H2,1H3,(H,27,30). The van der Waals surface area contributed by atoms with Crippen molar-refractivity contribution in [1.82, 2.24) is 14.7 Å². The van der Waals surface area contributed by atoms with E-state index in [4.69, 9.17) is 0 Å². The van der Waals surface area contributed by atoms with Crippen LogP contribution in [0, 0.1) is 6.92 Å². The molecule has 3 aromatic rings. The third-order valence-electron chi connectivity index (χ3n) is 5.55. The summed E-state index contributed by atoms with van der Waals surface area (Å²) in [5.41, 5.74) is 3.98. The Labute approximate surface area is 187 Å². The Kier molecular flexibility index (Phi) is 6.44. The number of amides is 3. The van der Waals surface area contributed by atoms with Crippen molar-refractivity contribution in [2.24, 2.45) is 0 Å². The number of aromatic nitrogens is 2. The van der Waals surface area contributed by atoms with Gasteiger partial charge in [-0.3, -0.25) is 24.0 Å². The first-order valence-electron chi connectivity index (χ1n) is 10.8. The van der Waals surface area contributed by atoms with Crippen molar-refractivity contribution in [3.05, 3.63) is 83.2 Å². The van der Waals surface area contributed by atoms with Crippen molar-refractivity contribution in [2.45, 2.75) is 39.2 Å². The summed E-state index contributed by atoms with van der Waals surface area (Å²) in [6.45, 7) is 3.07. The number of benzene rings is 2. The smallest absolute Gasteiger partial charge is 0.261 e. The van der Waals surface area contributed by atoms with Crippen molar-refractivity contribution in [2.75, 3.05) is 11.9 Å². The van der Waals surface area contributed by atoms with E-state index in [1.165, 1.54) is 10.5 Å². The number of fused-ring (bicyclic) bond motifs is 1. The number of unbranched alkanes of at least 4 members (excludes halogenated alkanes) is 2. The lowest BCUT2D eigenvalue weighted by molar-refractivity contribution is -0.116. The molecule has 3 amide bonds. The quantitative estimate of drug-likeness (QED) is 0.410. The van der Waals surface area contributed by atoms with Crippen LogP contribution in [0.4, 0.5) is 5.69 Å². The molecule has 0 spiro atoms. The van der Waals surface area contributed by atoms with Crippen LogP contribution < -0.4 is 5.32 Å². The molecular weight excluding hydrogens is 404 g/mol. The second-order valence-corrected chi connectivity index (χ2v) is 8.08. The predicted octanol–water partition coefficient (Wildman–Crippen LogP) is 4.03. The Morgan fingerprint density at radius 1 is 0.938 bits per heavy atom. The molecule has 0 bridgehead atoms. The Balaban J connectivity index is 1.16. The molecule has 1 N–H and O–H groups in total. The maximum absolute atomic E-state index is 12.3. The van der Waals surface area contributed by atoms with E-state index in [1.807, 2.05) is 6.20 Å². The van der Waals surface area contributed by atoms with E-state index < -0.39 is 0 Å². The van der Waals surface area contributed by atoms with Crippen molar-refractivity contribution in [3.8, 4) is 0 Å². The molecule has 2 aromatic carbocycles. The van der Waals surface area contributed by atoms with Gasteiger partial charge in [0, 0.05) is 19.2 Å². The van der Waals surface area contributed by atoms with E-state index in [9.17, 15) is 14.4 Å². The maximum Gasteiger partial charge on any atom is 0.261 e. The van der Waals surface area contributed by atoms with E-state index in [2.05, 4.69) is 41.6 Å². The highest BCUT2D eigenvalue weighted by Crippen LogP contribution is 2.22. The van der Waals surface area contributed by atoms with E-state index in [0.29, 0.717) is 49.2 Å². The van der Waals surface area contributed by atoms with Gasteiger partial charge in [-0.05, 0) is 37.5 Å². The van der Waals surface area contributed by atoms with Crippen LogP contribution in [0.5, 0.6) is 0 Å². The van der Waals surface area contributed by atoms with E-state index in [-0.39, 0.29) is 17.7 Å². The molecule has 0 atom stereocenters. The fourth-order valence-electron chi connectivity index (χ4n) is 3.79. The molecule has 0 aliphatic carbocycles. The van der Waals surface area contributed by atoms with Crippen LogP contribution in [0.2, 0.25) is 0 Å². The summed E-state index contributed by atoms with van der Waals surface area (Å²) in [5.74, 6) is -0.530. The number of carbonyl (C=O) groups excluding carboxylic acids is 3. The van der Waals surface area contributed by atoms with Gasteiger partial charge < -0.3 is 5.32 Å². The minimum Gasteiger partial charge on any atom is -0.323 e. The lowest BCUT2D eigenvalue weighted by Gasteiger charge is -2.13. The predicted molar refractivity (Wildman–Crippen MR) is 121 cm³/mol. The van der Waals surface area contributed by atoms with Crippen LogP contribution in [-0.4, -0.2) is 38.9 Å². The van der Waals surface area contributed by atoms with Gasteiger partial charge in [0.25, 0.3) is 11.8 Å². The summed E-state index contributed by atoms with van der Waals surface area (Å²) >= 11 is 0. The van der Waals surface area contributed by atoms with Gasteiger partial charge in [-0.25, -0.2) is 0 Å². The van der Waals surface area contributed by atoms with Crippen molar-refractivity contribution >= 4 is 23.4 Å². The average Bonchev–Trinajstić information content (AvgIpc) is 3.32. The summed E-state index contributed by atoms with van der Waals surface area (Å²) in [7, 11) is 0.